The molecule has 4 aromatic rings. The number of aliphatic hydroxyl groups is 1. The van der Waals surface area contributed by atoms with Gasteiger partial charge in [0.25, 0.3) is 5.78 Å². The summed E-state index contributed by atoms with van der Waals surface area (Å²) in [6.45, 7) is 0. The average Bonchev–Trinajstić information content (AvgIpc) is 3.38. The highest BCUT2D eigenvalue weighted by atomic mass is 35.5. The maximum absolute atomic E-state index is 13.2. The number of ether oxygens (including phenoxy) is 1. The molecule has 1 atom stereocenters. The van der Waals surface area contributed by atoms with Gasteiger partial charge in [0.2, 0.25) is 5.95 Å². The number of carbonyl (C=O) groups is 2. The zero-order valence-corrected chi connectivity index (χ0v) is 18.1. The molecule has 2 N–H and O–H groups in total. The number of anilines is 1. The smallest absolute Gasteiger partial charge is 0.302 e. The Balaban J connectivity index is 1.75. The topological polar surface area (TPSA) is 108 Å². The van der Waals surface area contributed by atoms with E-state index in [0.29, 0.717) is 22.5 Å². The maximum atomic E-state index is 13.2. The first kappa shape index (κ1) is 20.7. The first-order valence-electron chi connectivity index (χ1n) is 10.00. The molecule has 3 heterocycles. The molecule has 1 unspecified atom stereocenters. The minimum Gasteiger partial charge on any atom is -0.507 e. The molecular weight excluding hydrogens is 444 g/mol. The van der Waals surface area contributed by atoms with Gasteiger partial charge in [-0.15, -0.1) is 0 Å². The Morgan fingerprint density at radius 3 is 2.64 bits per heavy atom. The second-order valence-corrected chi connectivity index (χ2v) is 7.75. The van der Waals surface area contributed by atoms with Gasteiger partial charge in [0.1, 0.15) is 17.6 Å². The Bertz CT molecular complexity index is 1400. The molecule has 1 aliphatic heterocycles. The SMILES string of the molecule is COc1ccc(Cl)c(/C(O)=C2\C(=O)C(=O)N(c3nc4ccccc4[nH]3)C2c2ccccn2)c1. The number of pyridine rings is 1. The number of imidazole rings is 1. The van der Waals surface area contributed by atoms with Gasteiger partial charge in [-0.3, -0.25) is 19.5 Å². The third kappa shape index (κ3) is 3.41. The number of aliphatic hydroxyl groups excluding tert-OH is 1. The van der Waals surface area contributed by atoms with Crippen molar-refractivity contribution in [1.29, 1.82) is 0 Å². The van der Waals surface area contributed by atoms with Crippen LogP contribution >= 0.6 is 11.6 Å². The second-order valence-electron chi connectivity index (χ2n) is 7.35. The van der Waals surface area contributed by atoms with E-state index in [4.69, 9.17) is 16.3 Å². The molecule has 9 heteroatoms. The Kier molecular flexibility index (Phi) is 5.07. The summed E-state index contributed by atoms with van der Waals surface area (Å²) in [5, 5.41) is 11.4. The monoisotopic (exact) mass is 460 g/mol. The molecule has 0 saturated carbocycles. The average molecular weight is 461 g/mol. The number of H-pyrrole nitrogens is 1. The van der Waals surface area contributed by atoms with Crippen molar-refractivity contribution in [3.8, 4) is 5.75 Å². The number of halogens is 1. The number of hydrogen-bond acceptors (Lipinski definition) is 6. The summed E-state index contributed by atoms with van der Waals surface area (Å²) in [6, 6.07) is 16.0. The number of rotatable bonds is 4. The van der Waals surface area contributed by atoms with E-state index in [1.165, 1.54) is 18.1 Å². The van der Waals surface area contributed by atoms with Crippen molar-refractivity contribution in [1.82, 2.24) is 15.0 Å². The molecule has 164 valence electrons. The molecule has 33 heavy (non-hydrogen) atoms. The van der Waals surface area contributed by atoms with Gasteiger partial charge in [-0.2, -0.15) is 0 Å². The Hall–Kier alpha value is -4.17. The molecule has 0 radical (unpaired) electrons. The Morgan fingerprint density at radius 2 is 1.91 bits per heavy atom. The molecule has 5 rings (SSSR count). The Labute approximate surface area is 193 Å². The quantitative estimate of drug-likeness (QED) is 0.268. The number of carbonyl (C=O) groups excluding carboxylic acids is 2. The van der Waals surface area contributed by atoms with E-state index < -0.39 is 23.5 Å². The number of benzene rings is 2. The van der Waals surface area contributed by atoms with Crippen LogP contribution < -0.4 is 9.64 Å². The molecule has 0 bridgehead atoms. The van der Waals surface area contributed by atoms with Crippen LogP contribution in [0.2, 0.25) is 5.02 Å². The van der Waals surface area contributed by atoms with Crippen LogP contribution in [0.15, 0.2) is 72.4 Å². The number of fused-ring (bicyclic) bond motifs is 1. The molecule has 1 saturated heterocycles. The zero-order valence-electron chi connectivity index (χ0n) is 17.3. The summed E-state index contributed by atoms with van der Waals surface area (Å²) in [5.41, 5.74) is 1.74. The highest BCUT2D eigenvalue weighted by molar-refractivity contribution is 6.51. The lowest BCUT2D eigenvalue weighted by atomic mass is 9.98. The maximum Gasteiger partial charge on any atom is 0.302 e. The zero-order chi connectivity index (χ0) is 23.1. The van der Waals surface area contributed by atoms with Gasteiger partial charge in [-0.05, 0) is 42.5 Å². The fourth-order valence-corrected chi connectivity index (χ4v) is 4.09. The molecule has 0 spiro atoms. The third-order valence-electron chi connectivity index (χ3n) is 5.45. The number of Topliss-reactive ketones (excluding diaryl/α,β-unsaturated/α-hetero) is 1. The number of aromatic amines is 1. The van der Waals surface area contributed by atoms with Gasteiger partial charge in [0, 0.05) is 11.8 Å². The Morgan fingerprint density at radius 1 is 1.12 bits per heavy atom. The van der Waals surface area contributed by atoms with E-state index in [2.05, 4.69) is 15.0 Å². The van der Waals surface area contributed by atoms with Crippen molar-refractivity contribution in [2.75, 3.05) is 12.0 Å². The number of aromatic nitrogens is 3. The highest BCUT2D eigenvalue weighted by Gasteiger charge is 2.49. The van der Waals surface area contributed by atoms with Crippen molar-refractivity contribution < 1.29 is 19.4 Å². The summed E-state index contributed by atoms with van der Waals surface area (Å²) < 4.78 is 5.22. The lowest BCUT2D eigenvalue weighted by molar-refractivity contribution is -0.132. The molecule has 1 fully saturated rings. The van der Waals surface area contributed by atoms with E-state index >= 15 is 0 Å². The van der Waals surface area contributed by atoms with Gasteiger partial charge >= 0.3 is 5.91 Å². The fourth-order valence-electron chi connectivity index (χ4n) is 3.88. The number of hydrogen-bond donors (Lipinski definition) is 2. The first-order valence-corrected chi connectivity index (χ1v) is 10.4. The van der Waals surface area contributed by atoms with E-state index in [9.17, 15) is 14.7 Å². The lowest BCUT2D eigenvalue weighted by Crippen LogP contribution is -2.30. The second kappa shape index (κ2) is 8.07. The summed E-state index contributed by atoms with van der Waals surface area (Å²) in [4.78, 5) is 39.6. The summed E-state index contributed by atoms with van der Waals surface area (Å²) in [6.07, 6.45) is 1.55. The van der Waals surface area contributed by atoms with Gasteiger partial charge < -0.3 is 14.8 Å². The van der Waals surface area contributed by atoms with Crippen molar-refractivity contribution in [3.63, 3.8) is 0 Å². The van der Waals surface area contributed by atoms with Crippen molar-refractivity contribution in [3.05, 3.63) is 88.7 Å². The van der Waals surface area contributed by atoms with Gasteiger partial charge in [-0.1, -0.05) is 29.8 Å². The van der Waals surface area contributed by atoms with Crippen molar-refractivity contribution >= 4 is 46.0 Å². The van der Waals surface area contributed by atoms with Crippen LogP contribution in [0.25, 0.3) is 16.8 Å². The number of nitrogens with zero attached hydrogens (tertiary/aromatic N) is 3. The van der Waals surface area contributed by atoms with E-state index in [-0.39, 0.29) is 22.1 Å². The van der Waals surface area contributed by atoms with E-state index in [0.717, 1.165) is 0 Å². The molecular formula is C24H17ClN4O4. The predicted molar refractivity (Wildman–Crippen MR) is 123 cm³/mol. The molecule has 0 aliphatic carbocycles. The normalized spacial score (nSPS) is 17.6. The number of para-hydroxylation sites is 2. The summed E-state index contributed by atoms with van der Waals surface area (Å²) >= 11 is 6.32. The minimum absolute atomic E-state index is 0.144. The fraction of sp³-hybridized carbons (Fsp3) is 0.0833. The van der Waals surface area contributed by atoms with Gasteiger partial charge in [0.05, 0.1) is 34.4 Å². The summed E-state index contributed by atoms with van der Waals surface area (Å²) in [7, 11) is 1.47. The largest absolute Gasteiger partial charge is 0.507 e. The van der Waals surface area contributed by atoms with Crippen LogP contribution in [-0.4, -0.2) is 38.9 Å². The highest BCUT2D eigenvalue weighted by Crippen LogP contribution is 2.42. The number of ketones is 1. The predicted octanol–water partition coefficient (Wildman–Crippen LogP) is 4.25. The number of amides is 1. The van der Waals surface area contributed by atoms with Gasteiger partial charge in [0.15, 0.2) is 0 Å². The molecule has 1 amide bonds. The van der Waals surface area contributed by atoms with Crippen LogP contribution in [0, 0.1) is 0 Å². The van der Waals surface area contributed by atoms with Crippen molar-refractivity contribution in [2.24, 2.45) is 0 Å². The lowest BCUT2D eigenvalue weighted by Gasteiger charge is -2.22. The molecule has 1 aliphatic rings. The first-order chi connectivity index (χ1) is 16.0. The molecule has 2 aromatic carbocycles. The van der Waals surface area contributed by atoms with Crippen LogP contribution in [0.1, 0.15) is 17.3 Å². The summed E-state index contributed by atoms with van der Waals surface area (Å²) in [5.74, 6) is -1.54. The van der Waals surface area contributed by atoms with Crippen molar-refractivity contribution in [2.45, 2.75) is 6.04 Å². The van der Waals surface area contributed by atoms with Crippen LogP contribution in [0.3, 0.4) is 0 Å². The molecule has 2 aromatic heterocycles. The van der Waals surface area contributed by atoms with Crippen LogP contribution in [-0.2, 0) is 9.59 Å². The molecule has 8 nitrogen and oxygen atoms in total. The minimum atomic E-state index is -1.02. The van der Waals surface area contributed by atoms with E-state index in [1.807, 2.05) is 18.2 Å². The van der Waals surface area contributed by atoms with Gasteiger partial charge in [-0.25, -0.2) is 4.98 Å². The number of methoxy groups -OCH3 is 1. The standard InChI is InChI=1S/C24H17ClN4O4/c1-33-13-9-10-15(25)14(12-13)21(30)19-20(18-8-4-5-11-26-18)29(23(32)22(19)31)24-27-16-6-2-3-7-17(16)28-24/h2-12,20,30H,1H3,(H,27,28)/b21-19+. The third-order valence-corrected chi connectivity index (χ3v) is 5.78. The van der Waals surface area contributed by atoms with Crippen LogP contribution in [0.5, 0.6) is 5.75 Å². The van der Waals surface area contributed by atoms with E-state index in [1.54, 1.807) is 42.6 Å². The number of nitrogens with one attached hydrogen (secondary N) is 1. The van der Waals surface area contributed by atoms with Crippen LogP contribution in [0.4, 0.5) is 5.95 Å².